The number of hydrogen-bond donors (Lipinski definition) is 1. The van der Waals surface area contributed by atoms with Crippen LogP contribution in [0.3, 0.4) is 0 Å². The molecule has 1 nitrogen and oxygen atoms in total. The lowest BCUT2D eigenvalue weighted by Gasteiger charge is -2.10. The normalized spacial score (nSPS) is 12.5. The molecule has 13 heavy (non-hydrogen) atoms. The Morgan fingerprint density at radius 2 is 2.31 bits per heavy atom. The molecule has 1 aromatic carbocycles. The predicted molar refractivity (Wildman–Crippen MR) is 57.7 cm³/mol. The molecule has 0 saturated carbocycles. The largest absolute Gasteiger partial charge is 0.303 e. The topological polar surface area (TPSA) is 17.1 Å². The summed E-state index contributed by atoms with van der Waals surface area (Å²) in [7, 11) is 0. The Morgan fingerprint density at radius 3 is 2.85 bits per heavy atom. The number of thiol groups is 1. The van der Waals surface area contributed by atoms with E-state index in [4.69, 9.17) is 11.6 Å². The first-order valence-corrected chi connectivity index (χ1v) is 5.01. The van der Waals surface area contributed by atoms with Crippen LogP contribution in [0.25, 0.3) is 0 Å². The molecule has 70 valence electrons. The van der Waals surface area contributed by atoms with Gasteiger partial charge in [-0.15, -0.1) is 24.2 Å². The predicted octanol–water partition coefficient (Wildman–Crippen LogP) is 3.02. The van der Waals surface area contributed by atoms with E-state index in [0.29, 0.717) is 5.88 Å². The summed E-state index contributed by atoms with van der Waals surface area (Å²) in [6.45, 7) is 1.85. The van der Waals surface area contributed by atoms with Crippen LogP contribution in [0.1, 0.15) is 24.0 Å². The Balaban J connectivity index is 3.14. The van der Waals surface area contributed by atoms with Gasteiger partial charge < -0.3 is 4.79 Å². The molecule has 1 aromatic rings. The van der Waals surface area contributed by atoms with E-state index in [1.807, 2.05) is 25.1 Å². The zero-order chi connectivity index (χ0) is 9.84. The van der Waals surface area contributed by atoms with Gasteiger partial charge in [0.2, 0.25) is 0 Å². The summed E-state index contributed by atoms with van der Waals surface area (Å²) in [5, 5.41) is 0. The van der Waals surface area contributed by atoms with Gasteiger partial charge >= 0.3 is 0 Å². The second-order valence-electron chi connectivity index (χ2n) is 2.91. The van der Waals surface area contributed by atoms with Crippen LogP contribution in [0.5, 0.6) is 0 Å². The van der Waals surface area contributed by atoms with Crippen molar-refractivity contribution in [1.82, 2.24) is 0 Å². The van der Waals surface area contributed by atoms with Crippen LogP contribution in [0.15, 0.2) is 23.1 Å². The smallest absolute Gasteiger partial charge is 0.127 e. The van der Waals surface area contributed by atoms with Gasteiger partial charge in [0, 0.05) is 16.7 Å². The van der Waals surface area contributed by atoms with Crippen molar-refractivity contribution in [2.75, 3.05) is 0 Å². The molecule has 0 N–H and O–H groups in total. The van der Waals surface area contributed by atoms with Crippen LogP contribution in [0, 0.1) is 0 Å². The van der Waals surface area contributed by atoms with Crippen molar-refractivity contribution in [3.63, 3.8) is 0 Å². The van der Waals surface area contributed by atoms with Gasteiger partial charge in [-0.3, -0.25) is 0 Å². The van der Waals surface area contributed by atoms with Crippen molar-refractivity contribution < 1.29 is 4.79 Å². The first kappa shape index (κ1) is 10.6. The zero-order valence-electron chi connectivity index (χ0n) is 7.33. The lowest BCUT2D eigenvalue weighted by Crippen LogP contribution is -1.97. The van der Waals surface area contributed by atoms with Gasteiger partial charge in [0.15, 0.2) is 0 Å². The SMILES string of the molecule is CC(C=O)c1cccc(CCl)c1S. The fourth-order valence-corrected chi connectivity index (χ4v) is 1.91. The maximum atomic E-state index is 10.6. The number of hydrogen-bond acceptors (Lipinski definition) is 2. The van der Waals surface area contributed by atoms with Crippen LogP contribution >= 0.6 is 24.2 Å². The Bertz CT molecular complexity index is 312. The molecule has 3 heteroatoms. The second-order valence-corrected chi connectivity index (χ2v) is 3.63. The van der Waals surface area contributed by atoms with E-state index in [0.717, 1.165) is 22.3 Å². The summed E-state index contributed by atoms with van der Waals surface area (Å²) >= 11 is 10.1. The van der Waals surface area contributed by atoms with E-state index in [9.17, 15) is 4.79 Å². The first-order valence-electron chi connectivity index (χ1n) is 4.02. The number of rotatable bonds is 3. The molecule has 0 saturated heterocycles. The second kappa shape index (κ2) is 4.68. The molecule has 0 aliphatic heterocycles. The number of carbonyl (C=O) groups is 1. The summed E-state index contributed by atoms with van der Waals surface area (Å²) in [6, 6.07) is 5.71. The van der Waals surface area contributed by atoms with E-state index in [2.05, 4.69) is 12.6 Å². The van der Waals surface area contributed by atoms with Gasteiger partial charge in [-0.1, -0.05) is 25.1 Å². The van der Waals surface area contributed by atoms with Gasteiger partial charge in [-0.2, -0.15) is 0 Å². The zero-order valence-corrected chi connectivity index (χ0v) is 8.98. The summed E-state index contributed by atoms with van der Waals surface area (Å²) in [5.74, 6) is 0.314. The summed E-state index contributed by atoms with van der Waals surface area (Å²) in [4.78, 5) is 11.4. The van der Waals surface area contributed by atoms with E-state index in [-0.39, 0.29) is 5.92 Å². The van der Waals surface area contributed by atoms with Gasteiger partial charge in [-0.05, 0) is 11.1 Å². The molecule has 0 fully saturated rings. The summed E-state index contributed by atoms with van der Waals surface area (Å²) < 4.78 is 0. The number of halogens is 1. The number of aldehydes is 1. The minimum Gasteiger partial charge on any atom is -0.303 e. The molecular weight excluding hydrogens is 204 g/mol. The Labute approximate surface area is 88.5 Å². The highest BCUT2D eigenvalue weighted by atomic mass is 35.5. The van der Waals surface area contributed by atoms with Gasteiger partial charge in [0.05, 0.1) is 0 Å². The molecule has 0 bridgehead atoms. The van der Waals surface area contributed by atoms with Crippen LogP contribution in [0.2, 0.25) is 0 Å². The average molecular weight is 215 g/mol. The average Bonchev–Trinajstić information content (AvgIpc) is 2.17. The number of carbonyl (C=O) groups excluding carboxylic acids is 1. The van der Waals surface area contributed by atoms with Gasteiger partial charge in [-0.25, -0.2) is 0 Å². The summed E-state index contributed by atoms with van der Waals surface area (Å²) in [5.41, 5.74) is 1.91. The lowest BCUT2D eigenvalue weighted by atomic mass is 10.0. The molecule has 0 aliphatic rings. The van der Waals surface area contributed by atoms with Crippen LogP contribution in [-0.2, 0) is 10.7 Å². The third-order valence-corrected chi connectivity index (χ3v) is 2.82. The first-order chi connectivity index (χ1) is 6.20. The van der Waals surface area contributed by atoms with E-state index >= 15 is 0 Å². The molecule has 1 unspecified atom stereocenters. The quantitative estimate of drug-likeness (QED) is 0.465. The fraction of sp³-hybridized carbons (Fsp3) is 0.300. The minimum atomic E-state index is -0.115. The van der Waals surface area contributed by atoms with E-state index < -0.39 is 0 Å². The third-order valence-electron chi connectivity index (χ3n) is 1.99. The lowest BCUT2D eigenvalue weighted by molar-refractivity contribution is -0.108. The van der Waals surface area contributed by atoms with Crippen molar-refractivity contribution >= 4 is 30.5 Å². The monoisotopic (exact) mass is 214 g/mol. The number of benzene rings is 1. The van der Waals surface area contributed by atoms with Gasteiger partial charge in [0.25, 0.3) is 0 Å². The van der Waals surface area contributed by atoms with Crippen molar-refractivity contribution in [3.8, 4) is 0 Å². The molecule has 0 radical (unpaired) electrons. The maximum Gasteiger partial charge on any atom is 0.127 e. The van der Waals surface area contributed by atoms with E-state index in [1.54, 1.807) is 0 Å². The third kappa shape index (κ3) is 2.26. The van der Waals surface area contributed by atoms with Crippen molar-refractivity contribution in [2.24, 2.45) is 0 Å². The Hall–Kier alpha value is -0.470. The minimum absolute atomic E-state index is 0.115. The molecule has 0 amide bonds. The fourth-order valence-electron chi connectivity index (χ4n) is 1.16. The molecule has 0 spiro atoms. The van der Waals surface area contributed by atoms with Crippen molar-refractivity contribution in [3.05, 3.63) is 29.3 Å². The number of alkyl halides is 1. The highest BCUT2D eigenvalue weighted by Crippen LogP contribution is 2.25. The molecule has 0 aromatic heterocycles. The van der Waals surface area contributed by atoms with Crippen LogP contribution < -0.4 is 0 Å². The molecule has 0 aliphatic carbocycles. The molecule has 1 atom stereocenters. The Kier molecular flexibility index (Phi) is 3.82. The standard InChI is InChI=1S/C10H11ClOS/c1-7(6-12)9-4-2-3-8(5-11)10(9)13/h2-4,6-7,13H,5H2,1H3. The van der Waals surface area contributed by atoms with Crippen LogP contribution in [-0.4, -0.2) is 6.29 Å². The highest BCUT2D eigenvalue weighted by Gasteiger charge is 2.09. The van der Waals surface area contributed by atoms with E-state index in [1.165, 1.54) is 0 Å². The summed E-state index contributed by atoms with van der Waals surface area (Å²) in [6.07, 6.45) is 0.910. The molecule has 0 heterocycles. The molecular formula is C10H11ClOS. The molecule has 1 rings (SSSR count). The highest BCUT2D eigenvalue weighted by molar-refractivity contribution is 7.80. The Morgan fingerprint density at radius 1 is 1.62 bits per heavy atom. The van der Waals surface area contributed by atoms with Gasteiger partial charge in [0.1, 0.15) is 6.29 Å². The van der Waals surface area contributed by atoms with Crippen molar-refractivity contribution in [1.29, 1.82) is 0 Å². The van der Waals surface area contributed by atoms with Crippen LogP contribution in [0.4, 0.5) is 0 Å². The maximum absolute atomic E-state index is 10.6. The van der Waals surface area contributed by atoms with Crippen molar-refractivity contribution in [2.45, 2.75) is 23.6 Å².